The maximum atomic E-state index is 12.8. The van der Waals surface area contributed by atoms with E-state index in [1.165, 1.54) is 6.07 Å². The Balaban J connectivity index is 2.61. The second-order valence-electron chi connectivity index (χ2n) is 4.21. The first-order chi connectivity index (χ1) is 9.41. The predicted octanol–water partition coefficient (Wildman–Crippen LogP) is 5.09. The van der Waals surface area contributed by atoms with Gasteiger partial charge in [-0.1, -0.05) is 29.8 Å². The molecule has 0 fully saturated rings. The van der Waals surface area contributed by atoms with E-state index in [2.05, 4.69) is 0 Å². The van der Waals surface area contributed by atoms with Gasteiger partial charge in [-0.15, -0.1) is 0 Å². The summed E-state index contributed by atoms with van der Waals surface area (Å²) < 4.78 is 38.4. The summed E-state index contributed by atoms with van der Waals surface area (Å²) in [7, 11) is 0. The third kappa shape index (κ3) is 3.12. The molecule has 2 aromatic carbocycles. The Morgan fingerprint density at radius 2 is 1.85 bits per heavy atom. The van der Waals surface area contributed by atoms with Gasteiger partial charge in [0.1, 0.15) is 0 Å². The average molecular weight is 296 g/mol. The second-order valence-corrected chi connectivity index (χ2v) is 4.65. The normalized spacial score (nSPS) is 11.2. The zero-order chi connectivity index (χ0) is 14.8. The summed E-state index contributed by atoms with van der Waals surface area (Å²) >= 11 is 5.87. The molecule has 0 N–H and O–H groups in total. The highest BCUT2D eigenvalue weighted by Gasteiger charge is 2.31. The molecule has 20 heavy (non-hydrogen) atoms. The van der Waals surface area contributed by atoms with Crippen LogP contribution >= 0.6 is 11.6 Å². The summed E-state index contributed by atoms with van der Waals surface area (Å²) in [5.41, 5.74) is 0.745. The summed E-state index contributed by atoms with van der Waals surface area (Å²) in [6.07, 6.45) is -4.38. The number of nitrogens with zero attached hydrogens (tertiary/aromatic N) is 1. The van der Waals surface area contributed by atoms with Crippen molar-refractivity contribution in [3.05, 3.63) is 58.6 Å². The number of benzene rings is 2. The molecule has 0 radical (unpaired) electrons. The first-order valence-corrected chi connectivity index (χ1v) is 6.12. The number of rotatable bonds is 2. The van der Waals surface area contributed by atoms with Gasteiger partial charge >= 0.3 is 6.18 Å². The van der Waals surface area contributed by atoms with Crippen molar-refractivity contribution in [3.8, 4) is 17.2 Å². The van der Waals surface area contributed by atoms with Crippen LogP contribution in [0.4, 0.5) is 13.2 Å². The Bertz CT molecular complexity index is 672. The smallest absolute Gasteiger partial charge is 0.198 e. The molecule has 0 saturated carbocycles. The molecule has 0 saturated heterocycles. The molecule has 0 unspecified atom stereocenters. The molecule has 102 valence electrons. The van der Waals surface area contributed by atoms with E-state index in [0.29, 0.717) is 21.7 Å². The van der Waals surface area contributed by atoms with Crippen LogP contribution in [0.3, 0.4) is 0 Å². The number of nitriles is 1. The van der Waals surface area contributed by atoms with Crippen molar-refractivity contribution in [2.45, 2.75) is 12.6 Å². The van der Waals surface area contributed by atoms with Gasteiger partial charge < -0.3 is 0 Å². The van der Waals surface area contributed by atoms with E-state index in [9.17, 15) is 13.2 Å². The maximum absolute atomic E-state index is 12.8. The number of hydrogen-bond donors (Lipinski definition) is 0. The van der Waals surface area contributed by atoms with Crippen molar-refractivity contribution in [1.29, 1.82) is 5.26 Å². The van der Waals surface area contributed by atoms with Crippen LogP contribution in [0.1, 0.15) is 11.1 Å². The molecule has 0 aromatic heterocycles. The van der Waals surface area contributed by atoms with Crippen LogP contribution in [0.5, 0.6) is 0 Å². The standard InChI is InChI=1S/C15H9ClF3N/c16-13-3-1-2-11(8-13)14-9-12(15(17,18)19)5-4-10(14)6-7-20/h1-5,8-9H,6H2. The minimum absolute atomic E-state index is 0.0417. The topological polar surface area (TPSA) is 23.8 Å². The molecule has 0 amide bonds. The lowest BCUT2D eigenvalue weighted by Gasteiger charge is -2.12. The van der Waals surface area contributed by atoms with E-state index in [-0.39, 0.29) is 6.42 Å². The van der Waals surface area contributed by atoms with Gasteiger partial charge in [-0.05, 0) is 41.0 Å². The highest BCUT2D eigenvalue weighted by molar-refractivity contribution is 6.30. The van der Waals surface area contributed by atoms with Crippen molar-refractivity contribution < 1.29 is 13.2 Å². The average Bonchev–Trinajstić information content (AvgIpc) is 2.38. The van der Waals surface area contributed by atoms with Gasteiger partial charge in [0, 0.05) is 5.02 Å². The molecule has 2 rings (SSSR count). The van der Waals surface area contributed by atoms with Crippen molar-refractivity contribution >= 4 is 11.6 Å². The van der Waals surface area contributed by atoms with Gasteiger partial charge in [-0.2, -0.15) is 18.4 Å². The quantitative estimate of drug-likeness (QED) is 0.757. The molecule has 0 aliphatic rings. The summed E-state index contributed by atoms with van der Waals surface area (Å²) in [4.78, 5) is 0. The lowest BCUT2D eigenvalue weighted by molar-refractivity contribution is -0.137. The van der Waals surface area contributed by atoms with Crippen LogP contribution in [-0.4, -0.2) is 0 Å². The highest BCUT2D eigenvalue weighted by atomic mass is 35.5. The monoisotopic (exact) mass is 295 g/mol. The van der Waals surface area contributed by atoms with Gasteiger partial charge in [-0.25, -0.2) is 0 Å². The van der Waals surface area contributed by atoms with E-state index >= 15 is 0 Å². The molecule has 0 atom stereocenters. The Hall–Kier alpha value is -1.99. The maximum Gasteiger partial charge on any atom is 0.416 e. The van der Waals surface area contributed by atoms with Crippen molar-refractivity contribution in [1.82, 2.24) is 0 Å². The third-order valence-electron chi connectivity index (χ3n) is 2.84. The van der Waals surface area contributed by atoms with Crippen molar-refractivity contribution in [3.63, 3.8) is 0 Å². The van der Waals surface area contributed by atoms with Gasteiger partial charge in [0.15, 0.2) is 0 Å². The third-order valence-corrected chi connectivity index (χ3v) is 3.08. The zero-order valence-corrected chi connectivity index (χ0v) is 11.0. The summed E-state index contributed by atoms with van der Waals surface area (Å²) in [6.45, 7) is 0. The second kappa shape index (κ2) is 5.56. The lowest BCUT2D eigenvalue weighted by atomic mass is 9.95. The van der Waals surface area contributed by atoms with Gasteiger partial charge in [0.2, 0.25) is 0 Å². The molecule has 0 heterocycles. The van der Waals surface area contributed by atoms with Crippen LogP contribution in [0.2, 0.25) is 5.02 Å². The van der Waals surface area contributed by atoms with Gasteiger partial charge in [0.05, 0.1) is 18.1 Å². The largest absolute Gasteiger partial charge is 0.416 e. The fourth-order valence-electron chi connectivity index (χ4n) is 1.92. The highest BCUT2D eigenvalue weighted by Crippen LogP contribution is 2.34. The Morgan fingerprint density at radius 1 is 1.10 bits per heavy atom. The molecule has 1 nitrogen and oxygen atoms in total. The molecular formula is C15H9ClF3N. The predicted molar refractivity (Wildman–Crippen MR) is 71.2 cm³/mol. The van der Waals surface area contributed by atoms with E-state index < -0.39 is 11.7 Å². The Labute approximate surface area is 119 Å². The van der Waals surface area contributed by atoms with E-state index in [1.807, 2.05) is 6.07 Å². The number of halogens is 4. The molecule has 0 bridgehead atoms. The molecule has 0 spiro atoms. The summed E-state index contributed by atoms with van der Waals surface area (Å²) in [5, 5.41) is 9.21. The van der Waals surface area contributed by atoms with Crippen LogP contribution < -0.4 is 0 Å². The van der Waals surface area contributed by atoms with Crippen LogP contribution in [0.15, 0.2) is 42.5 Å². The lowest BCUT2D eigenvalue weighted by Crippen LogP contribution is -2.05. The van der Waals surface area contributed by atoms with Crippen molar-refractivity contribution in [2.24, 2.45) is 0 Å². The molecular weight excluding hydrogens is 287 g/mol. The first kappa shape index (κ1) is 14.4. The van der Waals surface area contributed by atoms with E-state index in [0.717, 1.165) is 12.1 Å². The minimum atomic E-state index is -4.42. The number of alkyl halides is 3. The van der Waals surface area contributed by atoms with Gasteiger partial charge in [-0.3, -0.25) is 0 Å². The van der Waals surface area contributed by atoms with Crippen LogP contribution in [0, 0.1) is 11.3 Å². The zero-order valence-electron chi connectivity index (χ0n) is 10.2. The van der Waals surface area contributed by atoms with Gasteiger partial charge in [0.25, 0.3) is 0 Å². The molecule has 5 heteroatoms. The Morgan fingerprint density at radius 3 is 2.45 bits per heavy atom. The van der Waals surface area contributed by atoms with Crippen LogP contribution in [0.25, 0.3) is 11.1 Å². The minimum Gasteiger partial charge on any atom is -0.198 e. The fraction of sp³-hybridized carbons (Fsp3) is 0.133. The van der Waals surface area contributed by atoms with Crippen LogP contribution in [-0.2, 0) is 12.6 Å². The van der Waals surface area contributed by atoms with E-state index in [1.54, 1.807) is 24.3 Å². The van der Waals surface area contributed by atoms with Crippen molar-refractivity contribution in [2.75, 3.05) is 0 Å². The van der Waals surface area contributed by atoms with E-state index in [4.69, 9.17) is 16.9 Å². The SMILES string of the molecule is N#CCc1ccc(C(F)(F)F)cc1-c1cccc(Cl)c1. The number of hydrogen-bond acceptors (Lipinski definition) is 1. The molecule has 0 aliphatic heterocycles. The Kier molecular flexibility index (Phi) is 4.01. The summed E-state index contributed by atoms with van der Waals surface area (Å²) in [5.74, 6) is 0. The first-order valence-electron chi connectivity index (χ1n) is 5.75. The fourth-order valence-corrected chi connectivity index (χ4v) is 2.11. The molecule has 0 aliphatic carbocycles. The summed E-state index contributed by atoms with van der Waals surface area (Å²) in [6, 6.07) is 11.9. The molecule has 2 aromatic rings.